The lowest BCUT2D eigenvalue weighted by Gasteiger charge is -2.18. The minimum Gasteiger partial charge on any atom is -0.312 e. The highest BCUT2D eigenvalue weighted by atomic mass is 79.9. The molecular formula is C17H15BrN2O3. The van der Waals surface area contributed by atoms with Crippen LogP contribution in [0, 0.1) is 17.0 Å². The van der Waals surface area contributed by atoms with E-state index in [0.717, 1.165) is 15.7 Å². The summed E-state index contributed by atoms with van der Waals surface area (Å²) in [7, 11) is 1.67. The molecule has 2 rings (SSSR count). The second-order valence-corrected chi connectivity index (χ2v) is 5.89. The van der Waals surface area contributed by atoms with E-state index in [2.05, 4.69) is 15.9 Å². The lowest BCUT2D eigenvalue weighted by Crippen LogP contribution is -2.24. The van der Waals surface area contributed by atoms with Gasteiger partial charge in [0.15, 0.2) is 0 Å². The van der Waals surface area contributed by atoms with Gasteiger partial charge in [-0.15, -0.1) is 0 Å². The van der Waals surface area contributed by atoms with E-state index >= 15 is 0 Å². The number of aryl methyl sites for hydroxylation is 1. The van der Waals surface area contributed by atoms with Crippen LogP contribution >= 0.6 is 15.9 Å². The van der Waals surface area contributed by atoms with Crippen LogP contribution in [0.25, 0.3) is 6.08 Å². The predicted molar refractivity (Wildman–Crippen MR) is 94.4 cm³/mol. The van der Waals surface area contributed by atoms with Gasteiger partial charge >= 0.3 is 0 Å². The fraction of sp³-hybridized carbons (Fsp3) is 0.118. The largest absolute Gasteiger partial charge is 0.312 e. The summed E-state index contributed by atoms with van der Waals surface area (Å²) in [5, 5.41) is 11.0. The Morgan fingerprint density at radius 1 is 1.26 bits per heavy atom. The van der Waals surface area contributed by atoms with Crippen LogP contribution in [0.4, 0.5) is 11.4 Å². The van der Waals surface area contributed by atoms with Gasteiger partial charge in [0, 0.05) is 29.4 Å². The Labute approximate surface area is 142 Å². The maximum Gasteiger partial charge on any atom is 0.276 e. The second-order valence-electron chi connectivity index (χ2n) is 4.98. The third-order valence-corrected chi connectivity index (χ3v) is 3.88. The Morgan fingerprint density at radius 2 is 1.96 bits per heavy atom. The van der Waals surface area contributed by atoms with E-state index < -0.39 is 4.92 Å². The number of benzene rings is 2. The van der Waals surface area contributed by atoms with Gasteiger partial charge in [-0.1, -0.05) is 28.1 Å². The number of hydrogen-bond donors (Lipinski definition) is 0. The molecule has 0 N–H and O–H groups in total. The summed E-state index contributed by atoms with van der Waals surface area (Å²) >= 11 is 3.38. The minimum absolute atomic E-state index is 0.0287. The zero-order chi connectivity index (χ0) is 17.0. The molecule has 0 aliphatic heterocycles. The van der Waals surface area contributed by atoms with Gasteiger partial charge < -0.3 is 4.90 Å². The molecule has 5 nitrogen and oxygen atoms in total. The molecule has 2 aromatic rings. The maximum atomic E-state index is 12.3. The third-order valence-electron chi connectivity index (χ3n) is 3.39. The van der Waals surface area contributed by atoms with Gasteiger partial charge in [-0.3, -0.25) is 14.9 Å². The molecule has 0 unspecified atom stereocenters. The lowest BCUT2D eigenvalue weighted by atomic mass is 10.1. The molecule has 118 valence electrons. The zero-order valence-corrected chi connectivity index (χ0v) is 14.3. The first-order valence-corrected chi connectivity index (χ1v) is 7.65. The van der Waals surface area contributed by atoms with Crippen molar-refractivity contribution in [3.05, 3.63) is 74.3 Å². The highest BCUT2D eigenvalue weighted by Gasteiger charge is 2.13. The number of carbonyl (C=O) groups is 1. The number of likely N-dealkylation sites (N-methyl/N-ethyl adjacent to an activating group) is 1. The molecule has 0 aliphatic rings. The van der Waals surface area contributed by atoms with Crippen molar-refractivity contribution in [2.24, 2.45) is 0 Å². The van der Waals surface area contributed by atoms with Crippen molar-refractivity contribution < 1.29 is 9.72 Å². The molecule has 6 heteroatoms. The Balaban J connectivity index is 2.23. The molecule has 23 heavy (non-hydrogen) atoms. The average molecular weight is 375 g/mol. The first kappa shape index (κ1) is 16.9. The van der Waals surface area contributed by atoms with Crippen LogP contribution < -0.4 is 4.90 Å². The molecular weight excluding hydrogens is 360 g/mol. The Hall–Kier alpha value is -2.47. The van der Waals surface area contributed by atoms with Crippen LogP contribution in [0.3, 0.4) is 0 Å². The standard InChI is InChI=1S/C17H15BrN2O3/c1-12-11-14(18)8-9-15(12)19(2)17(21)10-7-13-5-3-4-6-16(13)20(22)23/h3-11H,1-2H3. The normalized spacial score (nSPS) is 10.7. The van der Waals surface area contributed by atoms with Crippen molar-refractivity contribution in [3.63, 3.8) is 0 Å². The van der Waals surface area contributed by atoms with Crippen molar-refractivity contribution in [2.75, 3.05) is 11.9 Å². The lowest BCUT2D eigenvalue weighted by molar-refractivity contribution is -0.385. The number of para-hydroxylation sites is 1. The molecule has 2 aromatic carbocycles. The number of nitrogens with zero attached hydrogens (tertiary/aromatic N) is 2. The van der Waals surface area contributed by atoms with Gasteiger partial charge in [0.05, 0.1) is 10.5 Å². The van der Waals surface area contributed by atoms with Crippen LogP contribution in [-0.4, -0.2) is 17.9 Å². The summed E-state index contributed by atoms with van der Waals surface area (Å²) in [6.45, 7) is 1.91. The molecule has 0 aromatic heterocycles. The number of hydrogen-bond acceptors (Lipinski definition) is 3. The number of nitro groups is 1. The van der Waals surface area contributed by atoms with Gasteiger partial charge in [0.25, 0.3) is 11.6 Å². The Kier molecular flexibility index (Phi) is 5.28. The summed E-state index contributed by atoms with van der Waals surface area (Å²) in [5.74, 6) is -0.256. The van der Waals surface area contributed by atoms with E-state index in [0.29, 0.717) is 5.56 Å². The summed E-state index contributed by atoms with van der Waals surface area (Å²) in [4.78, 5) is 24.3. The molecule has 0 radical (unpaired) electrons. The highest BCUT2D eigenvalue weighted by molar-refractivity contribution is 9.10. The molecule has 0 aliphatic carbocycles. The van der Waals surface area contributed by atoms with E-state index in [1.807, 2.05) is 25.1 Å². The van der Waals surface area contributed by atoms with Crippen molar-refractivity contribution >= 4 is 39.3 Å². The molecule has 0 bridgehead atoms. The van der Waals surface area contributed by atoms with Crippen LogP contribution in [0.1, 0.15) is 11.1 Å². The monoisotopic (exact) mass is 374 g/mol. The van der Waals surface area contributed by atoms with Crippen molar-refractivity contribution in [1.29, 1.82) is 0 Å². The summed E-state index contributed by atoms with van der Waals surface area (Å²) in [5.41, 5.74) is 2.10. The van der Waals surface area contributed by atoms with Crippen molar-refractivity contribution in [2.45, 2.75) is 6.92 Å². The fourth-order valence-electron chi connectivity index (χ4n) is 2.18. The summed E-state index contributed by atoms with van der Waals surface area (Å²) in [6, 6.07) is 11.9. The molecule has 0 saturated heterocycles. The molecule has 1 amide bonds. The van der Waals surface area contributed by atoms with Gasteiger partial charge in [0.2, 0.25) is 0 Å². The molecule has 0 atom stereocenters. The molecule has 0 spiro atoms. The Morgan fingerprint density at radius 3 is 2.61 bits per heavy atom. The van der Waals surface area contributed by atoms with E-state index in [9.17, 15) is 14.9 Å². The average Bonchev–Trinajstić information content (AvgIpc) is 2.52. The number of carbonyl (C=O) groups excluding carboxylic acids is 1. The van der Waals surface area contributed by atoms with Crippen molar-refractivity contribution in [1.82, 2.24) is 0 Å². The van der Waals surface area contributed by atoms with E-state index in [-0.39, 0.29) is 11.6 Å². The molecule has 0 heterocycles. The number of amides is 1. The van der Waals surface area contributed by atoms with Crippen molar-refractivity contribution in [3.8, 4) is 0 Å². The maximum absolute atomic E-state index is 12.3. The topological polar surface area (TPSA) is 63.5 Å². The number of nitro benzene ring substituents is 1. The highest BCUT2D eigenvalue weighted by Crippen LogP contribution is 2.24. The number of rotatable bonds is 4. The number of anilines is 1. The minimum atomic E-state index is -0.466. The summed E-state index contributed by atoms with van der Waals surface area (Å²) in [6.07, 6.45) is 2.80. The smallest absolute Gasteiger partial charge is 0.276 e. The first-order valence-electron chi connectivity index (χ1n) is 6.85. The molecule has 0 saturated carbocycles. The second kappa shape index (κ2) is 7.19. The third kappa shape index (κ3) is 4.04. The van der Waals surface area contributed by atoms with Crippen LogP contribution in [0.15, 0.2) is 53.0 Å². The first-order chi connectivity index (χ1) is 10.9. The van der Waals surface area contributed by atoms with E-state index in [1.54, 1.807) is 25.2 Å². The van der Waals surface area contributed by atoms with Crippen LogP contribution in [-0.2, 0) is 4.79 Å². The van der Waals surface area contributed by atoms with E-state index in [4.69, 9.17) is 0 Å². The Bertz CT molecular complexity index is 787. The van der Waals surface area contributed by atoms with Crippen LogP contribution in [0.2, 0.25) is 0 Å². The molecule has 0 fully saturated rings. The van der Waals surface area contributed by atoms with Crippen LogP contribution in [0.5, 0.6) is 0 Å². The quantitative estimate of drug-likeness (QED) is 0.454. The predicted octanol–water partition coefficient (Wildman–Crippen LogP) is 4.34. The zero-order valence-electron chi connectivity index (χ0n) is 12.7. The SMILES string of the molecule is Cc1cc(Br)ccc1N(C)C(=O)C=Cc1ccccc1[N+](=O)[O-]. The summed E-state index contributed by atoms with van der Waals surface area (Å²) < 4.78 is 0.940. The van der Waals surface area contributed by atoms with Gasteiger partial charge in [0.1, 0.15) is 0 Å². The van der Waals surface area contributed by atoms with Gasteiger partial charge in [-0.25, -0.2) is 0 Å². The van der Waals surface area contributed by atoms with Gasteiger partial charge in [-0.05, 0) is 42.8 Å². The van der Waals surface area contributed by atoms with E-state index in [1.165, 1.54) is 23.1 Å². The fourth-order valence-corrected chi connectivity index (χ4v) is 2.66. The van der Waals surface area contributed by atoms with Gasteiger partial charge in [-0.2, -0.15) is 0 Å². The number of halogens is 1.